The number of methoxy groups -OCH3 is 1. The Morgan fingerprint density at radius 2 is 2.21 bits per heavy atom. The van der Waals surface area contributed by atoms with Gasteiger partial charge in [0.25, 0.3) is 0 Å². The second-order valence-corrected chi connectivity index (χ2v) is 5.69. The van der Waals surface area contributed by atoms with E-state index in [0.717, 1.165) is 0 Å². The third-order valence-corrected chi connectivity index (χ3v) is 3.68. The number of sulfonamides is 1. The summed E-state index contributed by atoms with van der Waals surface area (Å²) in [4.78, 5) is 11.2. The number of hydrogen-bond donors (Lipinski definition) is 1. The van der Waals surface area contributed by atoms with Crippen LogP contribution in [0.15, 0.2) is 6.07 Å². The van der Waals surface area contributed by atoms with Gasteiger partial charge in [0.15, 0.2) is 5.69 Å². The van der Waals surface area contributed by atoms with Gasteiger partial charge in [-0.25, -0.2) is 13.2 Å². The minimum atomic E-state index is -3.58. The van der Waals surface area contributed by atoms with Crippen LogP contribution in [0.25, 0.3) is 0 Å². The maximum atomic E-state index is 11.9. The van der Waals surface area contributed by atoms with Crippen LogP contribution in [0.4, 0.5) is 10.2 Å². The van der Waals surface area contributed by atoms with E-state index in [-0.39, 0.29) is 30.1 Å². The number of alkyl halides is 1. The van der Waals surface area contributed by atoms with Crippen molar-refractivity contribution in [2.75, 3.05) is 24.3 Å². The monoisotopic (exact) mass is 293 g/mol. The molecule has 0 bridgehead atoms. The van der Waals surface area contributed by atoms with Crippen molar-refractivity contribution in [2.24, 2.45) is 7.05 Å². The van der Waals surface area contributed by atoms with Gasteiger partial charge in [-0.15, -0.1) is 0 Å². The summed E-state index contributed by atoms with van der Waals surface area (Å²) in [5, 5.41) is 3.82. The highest BCUT2D eigenvalue weighted by Crippen LogP contribution is 2.12. The van der Waals surface area contributed by atoms with Crippen molar-refractivity contribution < 1.29 is 22.3 Å². The molecule has 7 nitrogen and oxygen atoms in total. The van der Waals surface area contributed by atoms with Gasteiger partial charge in [0, 0.05) is 13.1 Å². The van der Waals surface area contributed by atoms with Crippen molar-refractivity contribution in [2.45, 2.75) is 12.8 Å². The molecule has 0 aromatic carbocycles. The molecule has 0 saturated carbocycles. The van der Waals surface area contributed by atoms with E-state index in [1.54, 1.807) is 0 Å². The second-order valence-electron chi connectivity index (χ2n) is 3.85. The first-order chi connectivity index (χ1) is 8.89. The van der Waals surface area contributed by atoms with Crippen molar-refractivity contribution in [3.63, 3.8) is 0 Å². The molecule has 19 heavy (non-hydrogen) atoms. The van der Waals surface area contributed by atoms with E-state index in [0.29, 0.717) is 0 Å². The van der Waals surface area contributed by atoms with E-state index >= 15 is 0 Å². The van der Waals surface area contributed by atoms with E-state index in [2.05, 4.69) is 14.6 Å². The maximum absolute atomic E-state index is 11.9. The summed E-state index contributed by atoms with van der Waals surface area (Å²) in [6.45, 7) is -0.548. The first-order valence-electron chi connectivity index (χ1n) is 5.58. The predicted octanol–water partition coefficient (Wildman–Crippen LogP) is 0.698. The number of halogens is 1. The van der Waals surface area contributed by atoms with Crippen LogP contribution in [-0.2, 0) is 21.8 Å². The molecule has 0 aliphatic rings. The Morgan fingerprint density at radius 1 is 1.53 bits per heavy atom. The van der Waals surface area contributed by atoms with Crippen LogP contribution in [0.3, 0.4) is 0 Å². The number of esters is 1. The third kappa shape index (κ3) is 4.51. The minimum absolute atomic E-state index is 0.00598. The van der Waals surface area contributed by atoms with Gasteiger partial charge in [-0.05, 0) is 12.8 Å². The van der Waals surface area contributed by atoms with Gasteiger partial charge in [0.05, 0.1) is 19.5 Å². The SMILES string of the molecule is COC(=O)c1cc(NS(=O)(=O)CCCCF)n(C)n1. The molecule has 0 saturated heterocycles. The van der Waals surface area contributed by atoms with Crippen LogP contribution in [0, 0.1) is 0 Å². The summed E-state index contributed by atoms with van der Waals surface area (Å²) >= 11 is 0. The Kier molecular flexibility index (Phi) is 5.28. The predicted molar refractivity (Wildman–Crippen MR) is 67.2 cm³/mol. The fourth-order valence-corrected chi connectivity index (χ4v) is 2.56. The number of aryl methyl sites for hydroxylation is 1. The minimum Gasteiger partial charge on any atom is -0.464 e. The first kappa shape index (κ1) is 15.4. The van der Waals surface area contributed by atoms with Gasteiger partial charge in [-0.3, -0.25) is 13.8 Å². The molecule has 0 unspecified atom stereocenters. The quantitative estimate of drug-likeness (QED) is 0.590. The standard InChI is InChI=1S/C10H16FN3O4S/c1-14-9(7-8(12-14)10(15)18-2)13-19(16,17)6-4-3-5-11/h7,13H,3-6H2,1-2H3. The molecular formula is C10H16FN3O4S. The van der Waals surface area contributed by atoms with E-state index < -0.39 is 22.7 Å². The van der Waals surface area contributed by atoms with Crippen LogP contribution in [0.2, 0.25) is 0 Å². The van der Waals surface area contributed by atoms with Crippen LogP contribution in [0.5, 0.6) is 0 Å². The van der Waals surface area contributed by atoms with Crippen molar-refractivity contribution in [3.05, 3.63) is 11.8 Å². The van der Waals surface area contributed by atoms with Crippen molar-refractivity contribution >= 4 is 21.8 Å². The average Bonchev–Trinajstić information content (AvgIpc) is 2.69. The van der Waals surface area contributed by atoms with Crippen LogP contribution in [0.1, 0.15) is 23.3 Å². The molecule has 0 atom stereocenters. The summed E-state index contributed by atoms with van der Waals surface area (Å²) in [7, 11) is -0.880. The van der Waals surface area contributed by atoms with Crippen LogP contribution < -0.4 is 4.72 Å². The van der Waals surface area contributed by atoms with Crippen LogP contribution >= 0.6 is 0 Å². The molecule has 0 spiro atoms. The lowest BCUT2D eigenvalue weighted by atomic mass is 10.4. The molecule has 0 radical (unpaired) electrons. The first-order valence-corrected chi connectivity index (χ1v) is 7.23. The molecule has 0 aliphatic carbocycles. The molecule has 1 rings (SSSR count). The molecule has 108 valence electrons. The average molecular weight is 293 g/mol. The highest BCUT2D eigenvalue weighted by molar-refractivity contribution is 7.92. The Morgan fingerprint density at radius 3 is 2.79 bits per heavy atom. The number of aromatic nitrogens is 2. The number of rotatable bonds is 7. The van der Waals surface area contributed by atoms with E-state index in [4.69, 9.17) is 0 Å². The summed E-state index contributed by atoms with van der Waals surface area (Å²) in [6, 6.07) is 1.28. The third-order valence-electron chi connectivity index (χ3n) is 2.33. The summed E-state index contributed by atoms with van der Waals surface area (Å²) in [6.07, 6.45) is 0.424. The largest absolute Gasteiger partial charge is 0.464 e. The normalized spacial score (nSPS) is 11.3. The Labute approximate surface area is 110 Å². The second kappa shape index (κ2) is 6.50. The topological polar surface area (TPSA) is 90.3 Å². The number of anilines is 1. The number of carbonyl (C=O) groups is 1. The van der Waals surface area contributed by atoms with Crippen molar-refractivity contribution in [1.29, 1.82) is 0 Å². The smallest absolute Gasteiger partial charge is 0.358 e. The zero-order valence-electron chi connectivity index (χ0n) is 10.7. The lowest BCUT2D eigenvalue weighted by Gasteiger charge is -2.06. The summed E-state index contributed by atoms with van der Waals surface area (Å²) in [5.41, 5.74) is 0.00598. The van der Waals surface area contributed by atoms with Gasteiger partial charge < -0.3 is 4.74 Å². The summed E-state index contributed by atoms with van der Waals surface area (Å²) in [5.74, 6) is -0.686. The highest BCUT2D eigenvalue weighted by atomic mass is 32.2. The molecule has 1 N–H and O–H groups in total. The Hall–Kier alpha value is -1.64. The number of carbonyl (C=O) groups excluding carboxylic acids is 1. The molecule has 1 heterocycles. The number of nitrogens with zero attached hydrogens (tertiary/aromatic N) is 2. The molecule has 0 fully saturated rings. The van der Waals surface area contributed by atoms with Crippen LogP contribution in [-0.4, -0.2) is 43.7 Å². The number of ether oxygens (including phenoxy) is 1. The summed E-state index contributed by atoms with van der Waals surface area (Å²) < 4.78 is 43.3. The fourth-order valence-electron chi connectivity index (χ4n) is 1.36. The molecule has 0 aliphatic heterocycles. The fraction of sp³-hybridized carbons (Fsp3) is 0.600. The van der Waals surface area contributed by atoms with Crippen molar-refractivity contribution in [1.82, 2.24) is 9.78 Å². The van der Waals surface area contributed by atoms with Gasteiger partial charge in [-0.2, -0.15) is 5.10 Å². The van der Waals surface area contributed by atoms with Gasteiger partial charge in [0.2, 0.25) is 10.0 Å². The van der Waals surface area contributed by atoms with E-state index in [1.807, 2.05) is 0 Å². The van der Waals surface area contributed by atoms with Gasteiger partial charge in [0.1, 0.15) is 5.82 Å². The zero-order valence-corrected chi connectivity index (χ0v) is 11.5. The molecular weight excluding hydrogens is 277 g/mol. The van der Waals surface area contributed by atoms with E-state index in [1.165, 1.54) is 24.9 Å². The Balaban J connectivity index is 2.76. The Bertz CT molecular complexity index is 541. The lowest BCUT2D eigenvalue weighted by Crippen LogP contribution is -2.18. The number of hydrogen-bond acceptors (Lipinski definition) is 5. The van der Waals surface area contributed by atoms with Gasteiger partial charge >= 0.3 is 5.97 Å². The molecule has 9 heteroatoms. The molecule has 1 aromatic heterocycles. The molecule has 0 amide bonds. The highest BCUT2D eigenvalue weighted by Gasteiger charge is 2.17. The molecule has 1 aromatic rings. The number of unbranched alkanes of at least 4 members (excludes halogenated alkanes) is 1. The van der Waals surface area contributed by atoms with E-state index in [9.17, 15) is 17.6 Å². The van der Waals surface area contributed by atoms with Crippen molar-refractivity contribution in [3.8, 4) is 0 Å². The maximum Gasteiger partial charge on any atom is 0.358 e. The number of nitrogens with one attached hydrogen (secondary N) is 1. The lowest BCUT2D eigenvalue weighted by molar-refractivity contribution is 0.0593. The van der Waals surface area contributed by atoms with Gasteiger partial charge in [-0.1, -0.05) is 0 Å². The zero-order chi connectivity index (χ0) is 14.5.